The first-order valence-corrected chi connectivity index (χ1v) is 10.2. The van der Waals surface area contributed by atoms with E-state index in [1.165, 1.54) is 41.9 Å². The Balaban J connectivity index is 1.69. The SMILES string of the molecule is O=C(Cn1c(=O)ccc2cccc(OC(F)(F)F)c21)Nc1scc(Br)c1-c1ncn[nH]1. The van der Waals surface area contributed by atoms with Gasteiger partial charge in [-0.1, -0.05) is 12.1 Å². The number of carbonyl (C=O) groups is 1. The van der Waals surface area contributed by atoms with Gasteiger partial charge < -0.3 is 10.1 Å². The molecular weight excluding hydrogens is 503 g/mol. The average Bonchev–Trinajstić information content (AvgIpc) is 3.32. The lowest BCUT2D eigenvalue weighted by molar-refractivity contribution is -0.274. The lowest BCUT2D eigenvalue weighted by Crippen LogP contribution is -2.28. The van der Waals surface area contributed by atoms with E-state index in [0.717, 1.165) is 10.6 Å². The number of hydrogen-bond acceptors (Lipinski definition) is 6. The zero-order chi connectivity index (χ0) is 22.2. The van der Waals surface area contributed by atoms with Crippen molar-refractivity contribution in [3.8, 4) is 17.1 Å². The van der Waals surface area contributed by atoms with Crippen LogP contribution in [0.4, 0.5) is 18.2 Å². The summed E-state index contributed by atoms with van der Waals surface area (Å²) in [5.41, 5.74) is -0.226. The summed E-state index contributed by atoms with van der Waals surface area (Å²) in [4.78, 5) is 29.2. The van der Waals surface area contributed by atoms with Crippen molar-refractivity contribution in [1.29, 1.82) is 0 Å². The van der Waals surface area contributed by atoms with E-state index < -0.39 is 30.1 Å². The van der Waals surface area contributed by atoms with Gasteiger partial charge in [0, 0.05) is 21.3 Å². The van der Waals surface area contributed by atoms with E-state index in [1.807, 2.05) is 0 Å². The topological polar surface area (TPSA) is 102 Å². The average molecular weight is 514 g/mol. The summed E-state index contributed by atoms with van der Waals surface area (Å²) >= 11 is 4.57. The van der Waals surface area contributed by atoms with Crippen LogP contribution in [-0.4, -0.2) is 32.0 Å². The summed E-state index contributed by atoms with van der Waals surface area (Å²) < 4.78 is 44.1. The predicted octanol–water partition coefficient (Wildman–Crippen LogP) is 4.15. The number of thiophene rings is 1. The van der Waals surface area contributed by atoms with Gasteiger partial charge in [-0.05, 0) is 28.1 Å². The smallest absolute Gasteiger partial charge is 0.404 e. The molecule has 4 aromatic rings. The van der Waals surface area contributed by atoms with E-state index in [2.05, 4.69) is 41.2 Å². The van der Waals surface area contributed by atoms with Crippen molar-refractivity contribution in [2.75, 3.05) is 5.32 Å². The summed E-state index contributed by atoms with van der Waals surface area (Å²) in [6, 6.07) is 6.51. The van der Waals surface area contributed by atoms with Gasteiger partial charge in [-0.25, -0.2) is 4.98 Å². The fourth-order valence-electron chi connectivity index (χ4n) is 2.97. The summed E-state index contributed by atoms with van der Waals surface area (Å²) in [7, 11) is 0. The minimum absolute atomic E-state index is 0.134. The van der Waals surface area contributed by atoms with Crippen LogP contribution in [-0.2, 0) is 11.3 Å². The number of fused-ring (bicyclic) bond motifs is 1. The number of carbonyl (C=O) groups excluding carboxylic acids is 1. The Hall–Kier alpha value is -3.19. The number of para-hydroxylation sites is 1. The molecule has 0 aliphatic carbocycles. The molecule has 0 aliphatic heterocycles. The number of aromatic nitrogens is 4. The van der Waals surface area contributed by atoms with Gasteiger partial charge in [0.05, 0.1) is 11.1 Å². The molecule has 0 saturated heterocycles. The monoisotopic (exact) mass is 513 g/mol. The standard InChI is InChI=1S/C18H11BrF3N5O3S/c19-10-7-31-17(14(10)16-23-8-24-26-16)25-12(28)6-27-13(29)5-4-9-2-1-3-11(15(9)27)30-18(20,21)22/h1-5,7-8H,6H2,(H,25,28)(H,23,24,26). The van der Waals surface area contributed by atoms with Crippen LogP contribution in [0.3, 0.4) is 0 Å². The Bertz CT molecular complexity index is 1320. The number of anilines is 1. The first kappa shape index (κ1) is 21.1. The fourth-order valence-corrected chi connectivity index (χ4v) is 4.61. The molecule has 0 fully saturated rings. The number of aromatic amines is 1. The first-order valence-electron chi connectivity index (χ1n) is 8.54. The number of hydrogen-bond donors (Lipinski definition) is 2. The number of halogens is 4. The van der Waals surface area contributed by atoms with Crippen molar-refractivity contribution in [2.45, 2.75) is 12.9 Å². The number of pyridine rings is 1. The largest absolute Gasteiger partial charge is 0.573 e. The molecule has 0 spiro atoms. The zero-order valence-electron chi connectivity index (χ0n) is 15.2. The van der Waals surface area contributed by atoms with Gasteiger partial charge in [0.15, 0.2) is 11.6 Å². The van der Waals surface area contributed by atoms with Crippen molar-refractivity contribution in [1.82, 2.24) is 19.7 Å². The van der Waals surface area contributed by atoms with E-state index in [4.69, 9.17) is 0 Å². The summed E-state index contributed by atoms with van der Waals surface area (Å²) in [6.45, 7) is -0.528. The number of ether oxygens (including phenoxy) is 1. The maximum atomic E-state index is 12.8. The molecule has 31 heavy (non-hydrogen) atoms. The van der Waals surface area contributed by atoms with Crippen LogP contribution < -0.4 is 15.6 Å². The summed E-state index contributed by atoms with van der Waals surface area (Å²) in [6.07, 6.45) is -3.65. The van der Waals surface area contributed by atoms with E-state index in [9.17, 15) is 22.8 Å². The molecule has 0 radical (unpaired) electrons. The van der Waals surface area contributed by atoms with Crippen LogP contribution in [0, 0.1) is 0 Å². The second-order valence-electron chi connectivity index (χ2n) is 6.17. The number of benzene rings is 1. The van der Waals surface area contributed by atoms with Gasteiger partial charge in [0.2, 0.25) is 5.91 Å². The van der Waals surface area contributed by atoms with Crippen LogP contribution in [0.25, 0.3) is 22.3 Å². The van der Waals surface area contributed by atoms with Crippen LogP contribution in [0.15, 0.2) is 51.3 Å². The highest BCUT2D eigenvalue weighted by Crippen LogP contribution is 2.38. The lowest BCUT2D eigenvalue weighted by Gasteiger charge is -2.15. The Morgan fingerprint density at radius 1 is 1.29 bits per heavy atom. The van der Waals surface area contributed by atoms with Gasteiger partial charge in [-0.3, -0.25) is 19.3 Å². The van der Waals surface area contributed by atoms with E-state index in [1.54, 1.807) is 5.38 Å². The van der Waals surface area contributed by atoms with Crippen LogP contribution in [0.1, 0.15) is 0 Å². The minimum Gasteiger partial charge on any atom is -0.404 e. The molecule has 0 bridgehead atoms. The molecule has 8 nitrogen and oxygen atoms in total. The van der Waals surface area contributed by atoms with E-state index >= 15 is 0 Å². The van der Waals surface area contributed by atoms with Crippen molar-refractivity contribution in [3.05, 3.63) is 56.9 Å². The molecular formula is C18H11BrF3N5O3S. The van der Waals surface area contributed by atoms with Crippen molar-refractivity contribution >= 4 is 49.1 Å². The molecule has 1 aromatic carbocycles. The van der Waals surface area contributed by atoms with Crippen molar-refractivity contribution in [3.63, 3.8) is 0 Å². The second kappa shape index (κ2) is 8.15. The minimum atomic E-state index is -4.96. The number of amides is 1. The Morgan fingerprint density at radius 2 is 2.10 bits per heavy atom. The third kappa shape index (κ3) is 4.46. The lowest BCUT2D eigenvalue weighted by atomic mass is 10.2. The van der Waals surface area contributed by atoms with E-state index in [-0.39, 0.29) is 5.52 Å². The number of nitrogens with one attached hydrogen (secondary N) is 2. The second-order valence-corrected chi connectivity index (χ2v) is 7.90. The summed E-state index contributed by atoms with van der Waals surface area (Å²) in [5, 5.41) is 11.6. The number of rotatable bonds is 5. The molecule has 0 unspecified atom stereocenters. The number of alkyl halides is 3. The third-order valence-corrected chi connectivity index (χ3v) is 5.97. The van der Waals surface area contributed by atoms with Crippen molar-refractivity contribution < 1.29 is 22.7 Å². The molecule has 2 N–H and O–H groups in total. The molecule has 13 heteroatoms. The molecule has 0 saturated carbocycles. The van der Waals surface area contributed by atoms with E-state index in [0.29, 0.717) is 26.2 Å². The molecule has 3 aromatic heterocycles. The third-order valence-electron chi connectivity index (χ3n) is 4.15. The van der Waals surface area contributed by atoms with Crippen LogP contribution in [0.2, 0.25) is 0 Å². The molecule has 1 amide bonds. The molecule has 160 valence electrons. The maximum absolute atomic E-state index is 12.8. The van der Waals surface area contributed by atoms with Gasteiger partial charge in [0.25, 0.3) is 5.56 Å². The Morgan fingerprint density at radius 3 is 2.81 bits per heavy atom. The Kier molecular flexibility index (Phi) is 5.54. The number of nitrogens with zero attached hydrogens (tertiary/aromatic N) is 3. The zero-order valence-corrected chi connectivity index (χ0v) is 17.6. The fraction of sp³-hybridized carbons (Fsp3) is 0.111. The van der Waals surface area contributed by atoms with Gasteiger partial charge >= 0.3 is 6.36 Å². The molecule has 0 aliphatic rings. The van der Waals surface area contributed by atoms with Crippen LogP contribution in [0.5, 0.6) is 5.75 Å². The van der Waals surface area contributed by atoms with Gasteiger partial charge in [0.1, 0.15) is 17.9 Å². The predicted molar refractivity (Wildman–Crippen MR) is 111 cm³/mol. The van der Waals surface area contributed by atoms with Crippen molar-refractivity contribution in [2.24, 2.45) is 0 Å². The molecule has 4 rings (SSSR count). The highest BCUT2D eigenvalue weighted by Gasteiger charge is 2.32. The Labute approximate surface area is 183 Å². The molecule has 3 heterocycles. The summed E-state index contributed by atoms with van der Waals surface area (Å²) in [5.74, 6) is -0.783. The normalized spacial score (nSPS) is 11.6. The first-order chi connectivity index (χ1) is 14.7. The van der Waals surface area contributed by atoms with Gasteiger partial charge in [-0.15, -0.1) is 24.5 Å². The highest BCUT2D eigenvalue weighted by atomic mass is 79.9. The van der Waals surface area contributed by atoms with Crippen LogP contribution >= 0.6 is 27.3 Å². The van der Waals surface area contributed by atoms with Gasteiger partial charge in [-0.2, -0.15) is 5.10 Å². The number of H-pyrrole nitrogens is 1. The maximum Gasteiger partial charge on any atom is 0.573 e. The molecule has 0 atom stereocenters. The highest BCUT2D eigenvalue weighted by molar-refractivity contribution is 9.10. The quantitative estimate of drug-likeness (QED) is 0.417.